The number of aryl methyl sites for hydroxylation is 1. The summed E-state index contributed by atoms with van der Waals surface area (Å²) in [5.41, 5.74) is 4.03. The number of carbonyl (C=O) groups excluding carboxylic acids is 1. The van der Waals surface area contributed by atoms with Crippen molar-refractivity contribution in [2.45, 2.75) is 19.9 Å². The van der Waals surface area contributed by atoms with Crippen LogP contribution in [0.3, 0.4) is 0 Å². The van der Waals surface area contributed by atoms with E-state index in [0.717, 1.165) is 28.2 Å². The summed E-state index contributed by atoms with van der Waals surface area (Å²) in [6, 6.07) is 11.3. The summed E-state index contributed by atoms with van der Waals surface area (Å²) in [5.74, 6) is 0.543. The fraction of sp³-hybridized carbons (Fsp3) is 0.190. The average molecular weight is 375 g/mol. The van der Waals surface area contributed by atoms with Gasteiger partial charge in [0.05, 0.1) is 25.0 Å². The number of ether oxygens (including phenoxy) is 1. The minimum Gasteiger partial charge on any atom is -0.497 e. The Balaban J connectivity index is 1.50. The van der Waals surface area contributed by atoms with Crippen LogP contribution < -0.4 is 10.1 Å². The van der Waals surface area contributed by atoms with E-state index in [4.69, 9.17) is 4.74 Å². The molecular weight excluding hydrogens is 354 g/mol. The molecule has 0 saturated heterocycles. The minimum absolute atomic E-state index is 0.210. The summed E-state index contributed by atoms with van der Waals surface area (Å²) >= 11 is 0. The highest BCUT2D eigenvalue weighted by atomic mass is 16.5. The number of imidazole rings is 1. The van der Waals surface area contributed by atoms with Crippen LogP contribution in [-0.4, -0.2) is 32.2 Å². The molecule has 0 radical (unpaired) electrons. The molecule has 3 aromatic heterocycles. The van der Waals surface area contributed by atoms with Crippen LogP contribution in [0.15, 0.2) is 61.2 Å². The third-order valence-corrected chi connectivity index (χ3v) is 4.60. The number of hydrogen-bond donors (Lipinski definition) is 1. The molecule has 0 aliphatic heterocycles. The van der Waals surface area contributed by atoms with Gasteiger partial charge >= 0.3 is 0 Å². The number of benzene rings is 1. The number of fused-ring (bicyclic) bond motifs is 1. The zero-order chi connectivity index (χ0) is 19.7. The third kappa shape index (κ3) is 3.46. The molecule has 1 amide bonds. The largest absolute Gasteiger partial charge is 0.497 e. The molecule has 0 spiro atoms. The van der Waals surface area contributed by atoms with E-state index in [1.165, 1.54) is 0 Å². The fourth-order valence-electron chi connectivity index (χ4n) is 3.02. The van der Waals surface area contributed by atoms with Gasteiger partial charge in [0, 0.05) is 30.2 Å². The zero-order valence-electron chi connectivity index (χ0n) is 16.0. The van der Waals surface area contributed by atoms with Crippen molar-refractivity contribution in [1.82, 2.24) is 24.5 Å². The molecule has 142 valence electrons. The Labute approximate surface area is 162 Å². The molecule has 4 rings (SSSR count). The number of amides is 1. The van der Waals surface area contributed by atoms with E-state index < -0.39 is 0 Å². The number of nitrogens with one attached hydrogen (secondary N) is 1. The van der Waals surface area contributed by atoms with Crippen molar-refractivity contribution in [2.24, 2.45) is 0 Å². The van der Waals surface area contributed by atoms with Gasteiger partial charge < -0.3 is 14.5 Å². The van der Waals surface area contributed by atoms with E-state index in [0.29, 0.717) is 5.69 Å². The van der Waals surface area contributed by atoms with Gasteiger partial charge in [-0.2, -0.15) is 5.10 Å². The van der Waals surface area contributed by atoms with Crippen molar-refractivity contribution in [3.63, 3.8) is 0 Å². The van der Waals surface area contributed by atoms with Gasteiger partial charge in [-0.25, -0.2) is 9.67 Å². The molecule has 7 heteroatoms. The number of nitrogens with zero attached hydrogens (tertiary/aromatic N) is 4. The maximum atomic E-state index is 12.6. The third-order valence-electron chi connectivity index (χ3n) is 4.60. The molecular formula is C21H21N5O2. The van der Waals surface area contributed by atoms with E-state index in [2.05, 4.69) is 15.4 Å². The van der Waals surface area contributed by atoms with Gasteiger partial charge in [-0.3, -0.25) is 4.79 Å². The first-order chi connectivity index (χ1) is 13.5. The molecule has 1 aromatic carbocycles. The Kier molecular flexibility index (Phi) is 4.57. The van der Waals surface area contributed by atoms with Gasteiger partial charge in [0.2, 0.25) is 0 Å². The van der Waals surface area contributed by atoms with Crippen molar-refractivity contribution in [3.05, 3.63) is 78.0 Å². The SMILES string of the molecule is COc1cccc(-n2cc([C@H](C)NC(=O)c3cn4cc(C)ccc4n3)cn2)c1. The van der Waals surface area contributed by atoms with E-state index >= 15 is 0 Å². The average Bonchev–Trinajstić information content (AvgIpc) is 3.35. The van der Waals surface area contributed by atoms with E-state index in [1.807, 2.05) is 67.0 Å². The fourth-order valence-corrected chi connectivity index (χ4v) is 3.02. The number of rotatable bonds is 5. The summed E-state index contributed by atoms with van der Waals surface area (Å²) in [4.78, 5) is 17.0. The van der Waals surface area contributed by atoms with Crippen molar-refractivity contribution in [1.29, 1.82) is 0 Å². The second kappa shape index (κ2) is 7.19. The quantitative estimate of drug-likeness (QED) is 0.581. The van der Waals surface area contributed by atoms with Gasteiger partial charge in [0.1, 0.15) is 17.1 Å². The van der Waals surface area contributed by atoms with Crippen LogP contribution in [0.5, 0.6) is 5.75 Å². The molecule has 0 aliphatic rings. The standard InChI is InChI=1S/C21H21N5O2/c1-14-7-8-20-24-19(13-25(20)11-14)21(27)23-15(2)16-10-22-26(12-16)17-5-4-6-18(9-17)28-3/h4-13,15H,1-3H3,(H,23,27)/t15-/m0/s1. The molecule has 1 atom stereocenters. The molecule has 0 fully saturated rings. The monoisotopic (exact) mass is 375 g/mol. The van der Waals surface area contributed by atoms with Crippen molar-refractivity contribution < 1.29 is 9.53 Å². The normalized spacial score (nSPS) is 12.1. The number of carbonyl (C=O) groups is 1. The summed E-state index contributed by atoms with van der Waals surface area (Å²) in [5, 5.41) is 7.38. The number of aromatic nitrogens is 4. The maximum absolute atomic E-state index is 12.6. The molecule has 3 heterocycles. The van der Waals surface area contributed by atoms with Crippen LogP contribution >= 0.6 is 0 Å². The van der Waals surface area contributed by atoms with Gasteiger partial charge in [-0.05, 0) is 37.6 Å². The topological polar surface area (TPSA) is 73.5 Å². The number of hydrogen-bond acceptors (Lipinski definition) is 4. The first-order valence-corrected chi connectivity index (χ1v) is 8.99. The molecule has 0 aliphatic carbocycles. The lowest BCUT2D eigenvalue weighted by atomic mass is 10.2. The Morgan fingerprint density at radius 3 is 2.86 bits per heavy atom. The Hall–Kier alpha value is -3.61. The number of pyridine rings is 1. The van der Waals surface area contributed by atoms with Gasteiger partial charge in [0.25, 0.3) is 5.91 Å². The Bertz CT molecular complexity index is 1140. The second-order valence-electron chi connectivity index (χ2n) is 6.71. The van der Waals surface area contributed by atoms with Crippen molar-refractivity contribution in [3.8, 4) is 11.4 Å². The highest BCUT2D eigenvalue weighted by Gasteiger charge is 2.16. The summed E-state index contributed by atoms with van der Waals surface area (Å²) in [6.07, 6.45) is 7.33. The van der Waals surface area contributed by atoms with E-state index in [-0.39, 0.29) is 11.9 Å². The van der Waals surface area contributed by atoms with Gasteiger partial charge in [-0.1, -0.05) is 12.1 Å². The summed E-state index contributed by atoms with van der Waals surface area (Å²) < 4.78 is 8.87. The van der Waals surface area contributed by atoms with Crippen LogP contribution in [0.1, 0.15) is 34.6 Å². The molecule has 0 saturated carbocycles. The number of methoxy groups -OCH3 is 1. The molecule has 28 heavy (non-hydrogen) atoms. The van der Waals surface area contributed by atoms with Gasteiger partial charge in [0.15, 0.2) is 0 Å². The Morgan fingerprint density at radius 2 is 2.04 bits per heavy atom. The molecule has 0 bridgehead atoms. The highest BCUT2D eigenvalue weighted by molar-refractivity contribution is 5.93. The summed E-state index contributed by atoms with van der Waals surface area (Å²) in [6.45, 7) is 3.92. The van der Waals surface area contributed by atoms with E-state index in [9.17, 15) is 4.79 Å². The Morgan fingerprint density at radius 1 is 1.18 bits per heavy atom. The lowest BCUT2D eigenvalue weighted by molar-refractivity contribution is 0.0935. The molecule has 0 unspecified atom stereocenters. The van der Waals surface area contributed by atoms with E-state index in [1.54, 1.807) is 24.2 Å². The second-order valence-corrected chi connectivity index (χ2v) is 6.71. The van der Waals surface area contributed by atoms with Crippen molar-refractivity contribution in [2.75, 3.05) is 7.11 Å². The predicted octanol–water partition coefficient (Wildman–Crippen LogP) is 3.33. The van der Waals surface area contributed by atoms with Crippen LogP contribution in [0.25, 0.3) is 11.3 Å². The lowest BCUT2D eigenvalue weighted by Gasteiger charge is -2.10. The van der Waals surface area contributed by atoms with Gasteiger partial charge in [-0.15, -0.1) is 0 Å². The smallest absolute Gasteiger partial charge is 0.271 e. The first kappa shape index (κ1) is 17.8. The zero-order valence-corrected chi connectivity index (χ0v) is 16.0. The molecule has 1 N–H and O–H groups in total. The first-order valence-electron chi connectivity index (χ1n) is 8.99. The molecule has 7 nitrogen and oxygen atoms in total. The maximum Gasteiger partial charge on any atom is 0.271 e. The lowest BCUT2D eigenvalue weighted by Crippen LogP contribution is -2.26. The summed E-state index contributed by atoms with van der Waals surface area (Å²) in [7, 11) is 1.63. The van der Waals surface area contributed by atoms with Crippen LogP contribution in [0.2, 0.25) is 0 Å². The molecule has 4 aromatic rings. The van der Waals surface area contributed by atoms with Crippen LogP contribution in [0.4, 0.5) is 0 Å². The highest BCUT2D eigenvalue weighted by Crippen LogP contribution is 2.19. The van der Waals surface area contributed by atoms with Crippen LogP contribution in [-0.2, 0) is 0 Å². The van der Waals surface area contributed by atoms with Crippen LogP contribution in [0, 0.1) is 6.92 Å². The van der Waals surface area contributed by atoms with Crippen molar-refractivity contribution >= 4 is 11.6 Å². The predicted molar refractivity (Wildman–Crippen MR) is 106 cm³/mol. The minimum atomic E-state index is -0.219.